The number of furan rings is 1. The van der Waals surface area contributed by atoms with E-state index in [1.807, 2.05) is 0 Å². The number of amides is 1. The van der Waals surface area contributed by atoms with Gasteiger partial charge in [0.15, 0.2) is 5.76 Å². The lowest BCUT2D eigenvalue weighted by molar-refractivity contribution is -0.402. The van der Waals surface area contributed by atoms with Crippen molar-refractivity contribution >= 4 is 17.8 Å². The summed E-state index contributed by atoms with van der Waals surface area (Å²) in [6.45, 7) is 2.23. The molecule has 1 aromatic rings. The van der Waals surface area contributed by atoms with Crippen molar-refractivity contribution in [1.29, 1.82) is 0 Å². The highest BCUT2D eigenvalue weighted by atomic mass is 16.6. The first-order valence-electron chi connectivity index (χ1n) is 5.66. The average molecular weight is 268 g/mol. The Bertz CT molecular complexity index is 531. The summed E-state index contributed by atoms with van der Waals surface area (Å²) >= 11 is 0. The molecular weight excluding hydrogens is 256 g/mol. The van der Waals surface area contributed by atoms with Gasteiger partial charge >= 0.3 is 11.9 Å². The minimum absolute atomic E-state index is 0.0913. The highest BCUT2D eigenvalue weighted by Gasteiger charge is 2.38. The Morgan fingerprint density at radius 1 is 1.53 bits per heavy atom. The fourth-order valence-electron chi connectivity index (χ4n) is 1.89. The highest BCUT2D eigenvalue weighted by Crippen LogP contribution is 2.27. The molecule has 0 saturated carbocycles. The lowest BCUT2D eigenvalue weighted by Gasteiger charge is -2.40. The Labute approximate surface area is 107 Å². The summed E-state index contributed by atoms with van der Waals surface area (Å²) < 4.78 is 4.80. The van der Waals surface area contributed by atoms with Gasteiger partial charge in [0.25, 0.3) is 5.91 Å². The van der Waals surface area contributed by atoms with Crippen LogP contribution in [0.2, 0.25) is 0 Å². The van der Waals surface area contributed by atoms with Crippen LogP contribution in [0.15, 0.2) is 16.5 Å². The van der Waals surface area contributed by atoms with Gasteiger partial charge in [0, 0.05) is 19.0 Å². The van der Waals surface area contributed by atoms with E-state index in [2.05, 4.69) is 0 Å². The van der Waals surface area contributed by atoms with Crippen LogP contribution in [-0.4, -0.2) is 39.9 Å². The first-order valence-corrected chi connectivity index (χ1v) is 5.66. The van der Waals surface area contributed by atoms with Gasteiger partial charge in [-0.1, -0.05) is 6.92 Å². The molecule has 0 aromatic carbocycles. The molecule has 1 unspecified atom stereocenters. The van der Waals surface area contributed by atoms with Crippen molar-refractivity contribution < 1.29 is 24.0 Å². The maximum Gasteiger partial charge on any atom is 0.433 e. The van der Waals surface area contributed by atoms with Crippen LogP contribution >= 0.6 is 0 Å². The Balaban J connectivity index is 1.96. The molecule has 1 saturated heterocycles. The molecule has 1 amide bonds. The Morgan fingerprint density at radius 2 is 2.16 bits per heavy atom. The zero-order valence-electron chi connectivity index (χ0n) is 10.1. The van der Waals surface area contributed by atoms with Crippen LogP contribution in [0.5, 0.6) is 0 Å². The van der Waals surface area contributed by atoms with Gasteiger partial charge in [-0.2, -0.15) is 0 Å². The van der Waals surface area contributed by atoms with Crippen molar-refractivity contribution in [3.05, 3.63) is 28.0 Å². The van der Waals surface area contributed by atoms with Gasteiger partial charge < -0.3 is 14.4 Å². The molecule has 8 heteroatoms. The van der Waals surface area contributed by atoms with E-state index in [9.17, 15) is 19.7 Å². The minimum Gasteiger partial charge on any atom is -0.481 e. The van der Waals surface area contributed by atoms with Crippen LogP contribution in [-0.2, 0) is 4.79 Å². The second kappa shape index (κ2) is 4.71. The lowest BCUT2D eigenvalue weighted by Crippen LogP contribution is -2.53. The van der Waals surface area contributed by atoms with Gasteiger partial charge in [-0.3, -0.25) is 19.7 Å². The lowest BCUT2D eigenvalue weighted by atomic mass is 9.87. The molecular formula is C11H12N2O6. The van der Waals surface area contributed by atoms with Crippen LogP contribution in [0.1, 0.15) is 17.5 Å². The summed E-state index contributed by atoms with van der Waals surface area (Å²) in [7, 11) is 0. The number of aliphatic carboxylic acids is 1. The zero-order chi connectivity index (χ0) is 14.2. The largest absolute Gasteiger partial charge is 0.481 e. The Kier molecular flexibility index (Phi) is 3.24. The normalized spacial score (nSPS) is 16.8. The number of hydrogen-bond donors (Lipinski definition) is 1. The molecule has 1 aliphatic heterocycles. The molecule has 2 heterocycles. The molecule has 2 rings (SSSR count). The molecule has 1 N–H and O–H groups in total. The summed E-state index contributed by atoms with van der Waals surface area (Å²) in [4.78, 5) is 33.7. The summed E-state index contributed by atoms with van der Waals surface area (Å²) in [5, 5.41) is 19.3. The molecule has 19 heavy (non-hydrogen) atoms. The second-order valence-corrected chi connectivity index (χ2v) is 4.49. The van der Waals surface area contributed by atoms with Gasteiger partial charge in [0.05, 0.1) is 12.0 Å². The van der Waals surface area contributed by atoms with Crippen molar-refractivity contribution in [3.8, 4) is 0 Å². The molecule has 1 fully saturated rings. The number of carboxylic acids is 1. The monoisotopic (exact) mass is 268 g/mol. The fourth-order valence-corrected chi connectivity index (χ4v) is 1.89. The number of nitrogens with zero attached hydrogens (tertiary/aromatic N) is 2. The second-order valence-electron chi connectivity index (χ2n) is 4.49. The highest BCUT2D eigenvalue weighted by molar-refractivity contribution is 5.92. The van der Waals surface area contributed by atoms with Crippen LogP contribution in [0, 0.1) is 22.0 Å². The maximum atomic E-state index is 11.9. The molecule has 0 spiro atoms. The standard InChI is InChI=1S/C11H12N2O6/c1-6(11(15)16)7-4-12(5-7)10(14)8-2-3-9(19-8)13(17)18/h2-3,6-7H,4-5H2,1H3,(H,15,16). The van der Waals surface area contributed by atoms with Crippen molar-refractivity contribution in [1.82, 2.24) is 4.90 Å². The fraction of sp³-hybridized carbons (Fsp3) is 0.455. The molecule has 0 radical (unpaired) electrons. The van der Waals surface area contributed by atoms with Gasteiger partial charge in [-0.05, 0) is 6.07 Å². The van der Waals surface area contributed by atoms with Crippen LogP contribution in [0.4, 0.5) is 5.88 Å². The van der Waals surface area contributed by atoms with Crippen molar-refractivity contribution in [2.45, 2.75) is 6.92 Å². The molecule has 102 valence electrons. The number of rotatable bonds is 4. The van der Waals surface area contributed by atoms with E-state index in [0.29, 0.717) is 13.1 Å². The van der Waals surface area contributed by atoms with E-state index < -0.39 is 28.6 Å². The van der Waals surface area contributed by atoms with E-state index in [0.717, 1.165) is 6.07 Å². The number of nitro groups is 1. The quantitative estimate of drug-likeness (QED) is 0.643. The SMILES string of the molecule is CC(C(=O)O)C1CN(C(=O)c2ccc([N+](=O)[O-])o2)C1. The van der Waals surface area contributed by atoms with Gasteiger partial charge in [0.1, 0.15) is 4.92 Å². The van der Waals surface area contributed by atoms with E-state index in [1.54, 1.807) is 6.92 Å². The molecule has 8 nitrogen and oxygen atoms in total. The third kappa shape index (κ3) is 2.42. The average Bonchev–Trinajstić information content (AvgIpc) is 2.75. The summed E-state index contributed by atoms with van der Waals surface area (Å²) in [5.41, 5.74) is 0. The minimum atomic E-state index is -0.897. The first-order chi connectivity index (χ1) is 8.90. The van der Waals surface area contributed by atoms with Gasteiger partial charge in [-0.25, -0.2) is 0 Å². The van der Waals surface area contributed by atoms with Gasteiger partial charge in [-0.15, -0.1) is 0 Å². The summed E-state index contributed by atoms with van der Waals surface area (Å²) in [6.07, 6.45) is 0. The Hall–Kier alpha value is -2.38. The van der Waals surface area contributed by atoms with Crippen molar-refractivity contribution in [2.24, 2.45) is 11.8 Å². The summed E-state index contributed by atoms with van der Waals surface area (Å²) in [6, 6.07) is 2.36. The topological polar surface area (TPSA) is 114 Å². The number of likely N-dealkylation sites (tertiary alicyclic amines) is 1. The first kappa shape index (κ1) is 13.1. The van der Waals surface area contributed by atoms with E-state index in [1.165, 1.54) is 11.0 Å². The molecule has 1 aliphatic rings. The molecule has 0 aliphatic carbocycles. The number of carboxylic acid groups (broad SMARTS) is 1. The van der Waals surface area contributed by atoms with Crippen molar-refractivity contribution in [3.63, 3.8) is 0 Å². The third-order valence-corrected chi connectivity index (χ3v) is 3.28. The molecule has 1 aromatic heterocycles. The predicted molar refractivity (Wildman–Crippen MR) is 61.6 cm³/mol. The van der Waals surface area contributed by atoms with Crippen molar-refractivity contribution in [2.75, 3.05) is 13.1 Å². The molecule has 1 atom stereocenters. The zero-order valence-corrected chi connectivity index (χ0v) is 10.1. The van der Waals surface area contributed by atoms with E-state index >= 15 is 0 Å². The Morgan fingerprint density at radius 3 is 2.63 bits per heavy atom. The van der Waals surface area contributed by atoms with Gasteiger partial charge in [0.2, 0.25) is 0 Å². The van der Waals surface area contributed by atoms with Crippen LogP contribution in [0.25, 0.3) is 0 Å². The third-order valence-electron chi connectivity index (χ3n) is 3.28. The number of carbonyl (C=O) groups is 2. The predicted octanol–water partition coefficient (Wildman–Crippen LogP) is 0.980. The molecule has 0 bridgehead atoms. The van der Waals surface area contributed by atoms with Crippen LogP contribution < -0.4 is 0 Å². The maximum absolute atomic E-state index is 11.9. The number of carbonyl (C=O) groups excluding carboxylic acids is 1. The smallest absolute Gasteiger partial charge is 0.433 e. The van der Waals surface area contributed by atoms with Crippen LogP contribution in [0.3, 0.4) is 0 Å². The van der Waals surface area contributed by atoms with E-state index in [4.69, 9.17) is 9.52 Å². The summed E-state index contributed by atoms with van der Waals surface area (Å²) in [5.74, 6) is -2.55. The van der Waals surface area contributed by atoms with E-state index in [-0.39, 0.29) is 11.7 Å². The number of hydrogen-bond acceptors (Lipinski definition) is 5.